The van der Waals surface area contributed by atoms with Gasteiger partial charge in [0.15, 0.2) is 0 Å². The normalized spacial score (nSPS) is 15.3. The SMILES string of the molecule is O=C(C[S@@](=O)Cc1c(Cl)cccc1Cl)N1CCc2sccc2C1. The molecule has 3 nitrogen and oxygen atoms in total. The summed E-state index contributed by atoms with van der Waals surface area (Å²) in [5.41, 5.74) is 1.84. The van der Waals surface area contributed by atoms with Crippen molar-refractivity contribution >= 4 is 51.2 Å². The molecule has 1 aromatic carbocycles. The van der Waals surface area contributed by atoms with Crippen LogP contribution in [0.2, 0.25) is 10.0 Å². The first-order valence-corrected chi connectivity index (χ1v) is 10.3. The van der Waals surface area contributed by atoms with E-state index in [9.17, 15) is 9.00 Å². The van der Waals surface area contributed by atoms with Crippen LogP contribution >= 0.6 is 34.5 Å². The van der Waals surface area contributed by atoms with Crippen LogP contribution in [0, 0.1) is 0 Å². The molecule has 1 amide bonds. The van der Waals surface area contributed by atoms with Gasteiger partial charge in [0, 0.05) is 44.4 Å². The van der Waals surface area contributed by atoms with Crippen molar-refractivity contribution in [1.82, 2.24) is 4.90 Å². The molecule has 0 N–H and O–H groups in total. The highest BCUT2D eigenvalue weighted by atomic mass is 35.5. The summed E-state index contributed by atoms with van der Waals surface area (Å²) < 4.78 is 12.3. The Kier molecular flexibility index (Phi) is 5.42. The quantitative estimate of drug-likeness (QED) is 0.797. The van der Waals surface area contributed by atoms with Crippen LogP contribution in [0.3, 0.4) is 0 Å². The molecule has 0 unspecified atom stereocenters. The van der Waals surface area contributed by atoms with Crippen molar-refractivity contribution in [2.75, 3.05) is 12.3 Å². The smallest absolute Gasteiger partial charge is 0.235 e. The highest BCUT2D eigenvalue weighted by Crippen LogP contribution is 2.26. The van der Waals surface area contributed by atoms with Crippen molar-refractivity contribution in [3.63, 3.8) is 0 Å². The number of hydrogen-bond donors (Lipinski definition) is 0. The molecule has 0 saturated carbocycles. The summed E-state index contributed by atoms with van der Waals surface area (Å²) in [5.74, 6) is 0.117. The topological polar surface area (TPSA) is 37.4 Å². The Balaban J connectivity index is 1.61. The number of carbonyl (C=O) groups excluding carboxylic acids is 1. The second kappa shape index (κ2) is 7.34. The molecule has 1 aliphatic heterocycles. The maximum Gasteiger partial charge on any atom is 0.235 e. The van der Waals surface area contributed by atoms with Crippen molar-refractivity contribution in [3.8, 4) is 0 Å². The first kappa shape index (κ1) is 17.0. The summed E-state index contributed by atoms with van der Waals surface area (Å²) in [7, 11) is -1.33. The lowest BCUT2D eigenvalue weighted by Gasteiger charge is -2.26. The van der Waals surface area contributed by atoms with Gasteiger partial charge in [0.05, 0.1) is 5.75 Å². The first-order chi connectivity index (χ1) is 11.0. The van der Waals surface area contributed by atoms with Gasteiger partial charge in [-0.3, -0.25) is 9.00 Å². The molecule has 1 aromatic heterocycles. The molecule has 3 rings (SSSR count). The molecular formula is C16H15Cl2NO2S2. The zero-order valence-corrected chi connectivity index (χ0v) is 15.4. The van der Waals surface area contributed by atoms with Gasteiger partial charge in [-0.2, -0.15) is 0 Å². The van der Waals surface area contributed by atoms with Crippen molar-refractivity contribution in [3.05, 3.63) is 55.7 Å². The number of thiophene rings is 1. The van der Waals surface area contributed by atoms with E-state index in [0.29, 0.717) is 28.7 Å². The zero-order chi connectivity index (χ0) is 16.4. The van der Waals surface area contributed by atoms with Crippen molar-refractivity contribution in [2.24, 2.45) is 0 Å². The van der Waals surface area contributed by atoms with Gasteiger partial charge >= 0.3 is 0 Å². The fourth-order valence-corrected chi connectivity index (χ4v) is 5.34. The minimum absolute atomic E-state index is 0.00101. The van der Waals surface area contributed by atoms with Gasteiger partial charge in [-0.25, -0.2) is 0 Å². The van der Waals surface area contributed by atoms with Crippen LogP contribution in [0.5, 0.6) is 0 Å². The van der Waals surface area contributed by atoms with Gasteiger partial charge in [0.1, 0.15) is 5.75 Å². The van der Waals surface area contributed by atoms with Crippen LogP contribution < -0.4 is 0 Å². The Morgan fingerprint density at radius 2 is 2.00 bits per heavy atom. The predicted octanol–water partition coefficient (Wildman–Crippen LogP) is 3.89. The Morgan fingerprint density at radius 1 is 1.26 bits per heavy atom. The Morgan fingerprint density at radius 3 is 2.74 bits per heavy atom. The molecule has 0 aliphatic carbocycles. The van der Waals surface area contributed by atoms with E-state index in [-0.39, 0.29) is 17.4 Å². The number of hydrogen-bond acceptors (Lipinski definition) is 3. The van der Waals surface area contributed by atoms with Crippen LogP contribution in [0.4, 0.5) is 0 Å². The van der Waals surface area contributed by atoms with Gasteiger partial charge < -0.3 is 4.90 Å². The van der Waals surface area contributed by atoms with Crippen LogP contribution in [0.15, 0.2) is 29.6 Å². The number of fused-ring (bicyclic) bond motifs is 1. The van der Waals surface area contributed by atoms with Crippen molar-refractivity contribution < 1.29 is 9.00 Å². The molecular weight excluding hydrogens is 373 g/mol. The van der Waals surface area contributed by atoms with Crippen LogP contribution in [0.1, 0.15) is 16.0 Å². The molecule has 1 atom stereocenters. The number of rotatable bonds is 4. The third-order valence-corrected chi connectivity index (χ3v) is 6.72. The van der Waals surface area contributed by atoms with E-state index in [1.807, 2.05) is 0 Å². The largest absolute Gasteiger partial charge is 0.337 e. The molecule has 23 heavy (non-hydrogen) atoms. The van der Waals surface area contributed by atoms with Gasteiger partial charge in [-0.15, -0.1) is 11.3 Å². The predicted molar refractivity (Wildman–Crippen MR) is 96.6 cm³/mol. The maximum atomic E-state index is 12.4. The third kappa shape index (κ3) is 3.97. The Labute approximate surface area is 151 Å². The molecule has 2 aromatic rings. The molecule has 0 radical (unpaired) electrons. The van der Waals surface area contributed by atoms with Gasteiger partial charge in [0.25, 0.3) is 0 Å². The van der Waals surface area contributed by atoms with E-state index >= 15 is 0 Å². The number of halogens is 2. The van der Waals surface area contributed by atoms with Crippen LogP contribution in [0.25, 0.3) is 0 Å². The number of benzene rings is 1. The summed E-state index contributed by atoms with van der Waals surface area (Å²) in [6.45, 7) is 1.30. The summed E-state index contributed by atoms with van der Waals surface area (Å²) in [5, 5.41) is 3.02. The summed E-state index contributed by atoms with van der Waals surface area (Å²) in [6, 6.07) is 7.23. The van der Waals surface area contributed by atoms with Gasteiger partial charge in [0.2, 0.25) is 5.91 Å². The molecule has 0 bridgehead atoms. The van der Waals surface area contributed by atoms with E-state index < -0.39 is 10.8 Å². The average Bonchev–Trinajstić information content (AvgIpc) is 2.98. The van der Waals surface area contributed by atoms with E-state index in [1.165, 1.54) is 10.4 Å². The fourth-order valence-electron chi connectivity index (χ4n) is 2.57. The third-order valence-electron chi connectivity index (χ3n) is 3.81. The molecule has 7 heteroatoms. The summed E-state index contributed by atoms with van der Waals surface area (Å²) in [6.07, 6.45) is 0.877. The monoisotopic (exact) mass is 387 g/mol. The average molecular weight is 388 g/mol. The lowest BCUT2D eigenvalue weighted by molar-refractivity contribution is -0.129. The second-order valence-corrected chi connectivity index (χ2v) is 8.64. The molecule has 0 saturated heterocycles. The van der Waals surface area contributed by atoms with E-state index in [4.69, 9.17) is 23.2 Å². The molecule has 122 valence electrons. The van der Waals surface area contributed by atoms with E-state index in [2.05, 4.69) is 11.4 Å². The summed E-state index contributed by atoms with van der Waals surface area (Å²) >= 11 is 13.9. The maximum absolute atomic E-state index is 12.4. The number of carbonyl (C=O) groups is 1. The van der Waals surface area contributed by atoms with Crippen molar-refractivity contribution in [2.45, 2.75) is 18.7 Å². The standard InChI is InChI=1S/C16H15Cl2NO2S2/c17-13-2-1-3-14(18)12(13)9-23(21)10-16(20)19-6-4-15-11(8-19)5-7-22-15/h1-3,5,7H,4,6,8-10H2/t23-/m0/s1. The number of amides is 1. The first-order valence-electron chi connectivity index (χ1n) is 7.15. The molecule has 0 fully saturated rings. The van der Waals surface area contributed by atoms with E-state index in [1.54, 1.807) is 34.4 Å². The molecule has 1 aliphatic rings. The van der Waals surface area contributed by atoms with Gasteiger partial charge in [-0.1, -0.05) is 29.3 Å². The number of nitrogens with zero attached hydrogens (tertiary/aromatic N) is 1. The van der Waals surface area contributed by atoms with Crippen LogP contribution in [-0.2, 0) is 34.3 Å². The fraction of sp³-hybridized carbons (Fsp3) is 0.312. The Hall–Kier alpha value is -0.880. The van der Waals surface area contributed by atoms with E-state index in [0.717, 1.165) is 6.42 Å². The lowest BCUT2D eigenvalue weighted by Crippen LogP contribution is -2.38. The highest BCUT2D eigenvalue weighted by Gasteiger charge is 2.23. The lowest BCUT2D eigenvalue weighted by atomic mass is 10.1. The van der Waals surface area contributed by atoms with Crippen LogP contribution in [-0.4, -0.2) is 27.3 Å². The highest BCUT2D eigenvalue weighted by molar-refractivity contribution is 7.84. The minimum Gasteiger partial charge on any atom is -0.337 e. The summed E-state index contributed by atoms with van der Waals surface area (Å²) in [4.78, 5) is 15.5. The van der Waals surface area contributed by atoms with Crippen molar-refractivity contribution in [1.29, 1.82) is 0 Å². The molecule has 2 heterocycles. The molecule has 0 spiro atoms. The second-order valence-electron chi connectivity index (χ2n) is 5.36. The Bertz CT molecular complexity index is 740. The minimum atomic E-state index is -1.33. The van der Waals surface area contributed by atoms with Gasteiger partial charge in [-0.05, 0) is 35.6 Å². The zero-order valence-electron chi connectivity index (χ0n) is 12.3.